The Bertz CT molecular complexity index is 610. The third-order valence-corrected chi connectivity index (χ3v) is 5.18. The number of halogens is 1. The van der Waals surface area contributed by atoms with Crippen molar-refractivity contribution >= 4 is 35.8 Å². The van der Waals surface area contributed by atoms with Gasteiger partial charge in [0.05, 0.1) is 0 Å². The van der Waals surface area contributed by atoms with Crippen molar-refractivity contribution in [2.45, 2.75) is 46.5 Å². The standard InChI is InChI=1S/C22H36N4O.HI/c1-5-24-21(26-13-11-18(12-14-26)15-20(27)23-4)25-17-22(2,3)16-19-9-7-6-8-10-19;/h6-10,18H,5,11-17H2,1-4H3,(H,23,27)(H,24,25);1H. The summed E-state index contributed by atoms with van der Waals surface area (Å²) in [6.45, 7) is 10.3. The maximum absolute atomic E-state index is 11.6. The summed E-state index contributed by atoms with van der Waals surface area (Å²) in [6, 6.07) is 10.6. The van der Waals surface area contributed by atoms with E-state index in [1.165, 1.54) is 5.56 Å². The summed E-state index contributed by atoms with van der Waals surface area (Å²) in [4.78, 5) is 18.9. The summed E-state index contributed by atoms with van der Waals surface area (Å²) in [5.74, 6) is 1.65. The summed E-state index contributed by atoms with van der Waals surface area (Å²) < 4.78 is 0. The minimum atomic E-state index is 0. The Morgan fingerprint density at radius 2 is 1.86 bits per heavy atom. The fourth-order valence-electron chi connectivity index (χ4n) is 3.63. The number of guanidine groups is 1. The van der Waals surface area contributed by atoms with Crippen LogP contribution in [0.3, 0.4) is 0 Å². The van der Waals surface area contributed by atoms with Crippen molar-refractivity contribution in [3.05, 3.63) is 35.9 Å². The van der Waals surface area contributed by atoms with E-state index in [1.54, 1.807) is 7.05 Å². The van der Waals surface area contributed by atoms with Crippen LogP contribution in [0.4, 0.5) is 0 Å². The van der Waals surface area contributed by atoms with Gasteiger partial charge in [-0.05, 0) is 43.1 Å². The average molecular weight is 500 g/mol. The molecule has 1 aromatic carbocycles. The van der Waals surface area contributed by atoms with Crippen molar-refractivity contribution in [3.8, 4) is 0 Å². The van der Waals surface area contributed by atoms with Crippen molar-refractivity contribution in [2.75, 3.05) is 33.2 Å². The monoisotopic (exact) mass is 500 g/mol. The van der Waals surface area contributed by atoms with Crippen LogP contribution in [0.25, 0.3) is 0 Å². The molecule has 2 rings (SSSR count). The van der Waals surface area contributed by atoms with Gasteiger partial charge in [-0.1, -0.05) is 44.2 Å². The molecule has 1 heterocycles. The highest BCUT2D eigenvalue weighted by atomic mass is 127. The van der Waals surface area contributed by atoms with Gasteiger partial charge in [0.1, 0.15) is 0 Å². The third-order valence-electron chi connectivity index (χ3n) is 5.18. The van der Waals surface area contributed by atoms with E-state index >= 15 is 0 Å². The van der Waals surface area contributed by atoms with E-state index in [0.29, 0.717) is 12.3 Å². The van der Waals surface area contributed by atoms with Crippen LogP contribution in [0.2, 0.25) is 0 Å². The Morgan fingerprint density at radius 3 is 2.43 bits per heavy atom. The zero-order valence-electron chi connectivity index (χ0n) is 17.8. The van der Waals surface area contributed by atoms with Gasteiger partial charge in [0.15, 0.2) is 5.96 Å². The van der Waals surface area contributed by atoms with Crippen molar-refractivity contribution < 1.29 is 4.79 Å². The van der Waals surface area contributed by atoms with Gasteiger partial charge in [-0.3, -0.25) is 9.79 Å². The van der Waals surface area contributed by atoms with Gasteiger partial charge in [-0.15, -0.1) is 24.0 Å². The molecule has 0 saturated carbocycles. The first-order valence-corrected chi connectivity index (χ1v) is 10.2. The molecule has 0 radical (unpaired) electrons. The lowest BCUT2D eigenvalue weighted by Gasteiger charge is -2.34. The number of carbonyl (C=O) groups is 1. The fourth-order valence-corrected chi connectivity index (χ4v) is 3.63. The van der Waals surface area contributed by atoms with Gasteiger partial charge in [0, 0.05) is 39.6 Å². The number of carbonyl (C=O) groups excluding carboxylic acids is 1. The second kappa shape index (κ2) is 12.3. The summed E-state index contributed by atoms with van der Waals surface area (Å²) in [6.07, 6.45) is 3.75. The molecule has 1 aliphatic rings. The number of hydrogen-bond acceptors (Lipinski definition) is 2. The van der Waals surface area contributed by atoms with Crippen LogP contribution < -0.4 is 10.6 Å². The van der Waals surface area contributed by atoms with E-state index < -0.39 is 0 Å². The Kier molecular flexibility index (Phi) is 10.9. The normalized spacial score (nSPS) is 15.7. The smallest absolute Gasteiger partial charge is 0.220 e. The predicted molar refractivity (Wildman–Crippen MR) is 128 cm³/mol. The molecule has 0 spiro atoms. The van der Waals surface area contributed by atoms with Crippen molar-refractivity contribution in [3.63, 3.8) is 0 Å². The number of hydrogen-bond donors (Lipinski definition) is 2. The second-order valence-electron chi connectivity index (χ2n) is 8.30. The number of benzene rings is 1. The molecule has 1 aliphatic heterocycles. The van der Waals surface area contributed by atoms with E-state index in [-0.39, 0.29) is 35.3 Å². The van der Waals surface area contributed by atoms with Crippen LogP contribution >= 0.6 is 24.0 Å². The van der Waals surface area contributed by atoms with Gasteiger partial charge in [0.25, 0.3) is 0 Å². The molecule has 158 valence electrons. The van der Waals surface area contributed by atoms with Gasteiger partial charge < -0.3 is 15.5 Å². The van der Waals surface area contributed by atoms with E-state index in [0.717, 1.165) is 51.4 Å². The minimum Gasteiger partial charge on any atom is -0.359 e. The highest BCUT2D eigenvalue weighted by molar-refractivity contribution is 14.0. The Hall–Kier alpha value is -1.31. The number of aliphatic imine (C=N–C) groups is 1. The molecule has 1 aromatic rings. The summed E-state index contributed by atoms with van der Waals surface area (Å²) in [5.41, 5.74) is 1.47. The Morgan fingerprint density at radius 1 is 1.21 bits per heavy atom. The molecule has 0 aliphatic carbocycles. The lowest BCUT2D eigenvalue weighted by Crippen LogP contribution is -2.46. The minimum absolute atomic E-state index is 0. The summed E-state index contributed by atoms with van der Waals surface area (Å²) in [5, 5.41) is 6.19. The van der Waals surface area contributed by atoms with Crippen LogP contribution in [0, 0.1) is 11.3 Å². The van der Waals surface area contributed by atoms with Crippen LogP contribution in [0.15, 0.2) is 35.3 Å². The molecule has 1 fully saturated rings. The number of amides is 1. The molecular formula is C22H37IN4O. The molecule has 6 heteroatoms. The van der Waals surface area contributed by atoms with Gasteiger partial charge in [-0.2, -0.15) is 0 Å². The van der Waals surface area contributed by atoms with E-state index in [2.05, 4.69) is 66.6 Å². The van der Waals surface area contributed by atoms with Gasteiger partial charge >= 0.3 is 0 Å². The first-order valence-electron chi connectivity index (χ1n) is 10.2. The average Bonchev–Trinajstić information content (AvgIpc) is 2.66. The molecule has 0 unspecified atom stereocenters. The number of nitrogens with zero attached hydrogens (tertiary/aromatic N) is 2. The predicted octanol–water partition coefficient (Wildman–Crippen LogP) is 3.69. The molecule has 28 heavy (non-hydrogen) atoms. The zero-order valence-corrected chi connectivity index (χ0v) is 20.2. The van der Waals surface area contributed by atoms with Crippen LogP contribution in [-0.2, 0) is 11.2 Å². The van der Waals surface area contributed by atoms with E-state index in [9.17, 15) is 4.79 Å². The van der Waals surface area contributed by atoms with Gasteiger partial charge in [-0.25, -0.2) is 0 Å². The SMILES string of the molecule is CCNC(=NCC(C)(C)Cc1ccccc1)N1CCC(CC(=O)NC)CC1.I. The first kappa shape index (κ1) is 24.7. The topological polar surface area (TPSA) is 56.7 Å². The van der Waals surface area contributed by atoms with E-state index in [4.69, 9.17) is 4.99 Å². The molecule has 1 saturated heterocycles. The quantitative estimate of drug-likeness (QED) is 0.341. The molecule has 1 amide bonds. The molecule has 2 N–H and O–H groups in total. The van der Waals surface area contributed by atoms with Crippen molar-refractivity contribution in [2.24, 2.45) is 16.3 Å². The maximum atomic E-state index is 11.6. The largest absolute Gasteiger partial charge is 0.359 e. The third kappa shape index (κ3) is 8.37. The van der Waals surface area contributed by atoms with Crippen LogP contribution in [0.1, 0.15) is 45.6 Å². The van der Waals surface area contributed by atoms with Crippen LogP contribution in [-0.4, -0.2) is 50.0 Å². The maximum Gasteiger partial charge on any atom is 0.220 e. The summed E-state index contributed by atoms with van der Waals surface area (Å²) in [7, 11) is 1.71. The highest BCUT2D eigenvalue weighted by Crippen LogP contribution is 2.23. The summed E-state index contributed by atoms with van der Waals surface area (Å²) >= 11 is 0. The lowest BCUT2D eigenvalue weighted by molar-refractivity contribution is -0.121. The highest BCUT2D eigenvalue weighted by Gasteiger charge is 2.24. The van der Waals surface area contributed by atoms with Crippen molar-refractivity contribution in [1.82, 2.24) is 15.5 Å². The number of nitrogens with one attached hydrogen (secondary N) is 2. The zero-order chi connectivity index (χ0) is 19.7. The molecule has 0 aromatic heterocycles. The molecule has 0 bridgehead atoms. The second-order valence-corrected chi connectivity index (χ2v) is 8.30. The Balaban J connectivity index is 0.00000392. The fraction of sp³-hybridized carbons (Fsp3) is 0.636. The first-order chi connectivity index (χ1) is 12.9. The lowest BCUT2D eigenvalue weighted by atomic mass is 9.86. The van der Waals surface area contributed by atoms with Crippen molar-refractivity contribution in [1.29, 1.82) is 0 Å². The molecule has 5 nitrogen and oxygen atoms in total. The number of likely N-dealkylation sites (tertiary alicyclic amines) is 1. The Labute approximate surface area is 187 Å². The van der Waals surface area contributed by atoms with Gasteiger partial charge in [0.2, 0.25) is 5.91 Å². The molecule has 0 atom stereocenters. The number of rotatable bonds is 7. The molecular weight excluding hydrogens is 463 g/mol. The van der Waals surface area contributed by atoms with Crippen LogP contribution in [0.5, 0.6) is 0 Å². The van der Waals surface area contributed by atoms with E-state index in [1.807, 2.05) is 0 Å². The number of piperidine rings is 1.